The van der Waals surface area contributed by atoms with Crippen LogP contribution in [0.25, 0.3) is 0 Å². The maximum absolute atomic E-state index is 14.0. The predicted molar refractivity (Wildman–Crippen MR) is 130 cm³/mol. The van der Waals surface area contributed by atoms with E-state index in [2.05, 4.69) is 10.2 Å². The number of carbonyl (C=O) groups excluding carboxylic acids is 1. The first-order valence-electron chi connectivity index (χ1n) is 10.5. The summed E-state index contributed by atoms with van der Waals surface area (Å²) in [5, 5.41) is 3.18. The number of carbonyl (C=O) groups is 1. The standard InChI is InChI=1S/C24H23ClFN3O4S/c1-33-23-10-9-19(16-22(23)27-24(30)20-7-2-3-8-21(20)26)34(31,32)29-13-11-28(12-14-29)18-6-4-5-17(25)15-18/h2-10,15-16H,11-14H2,1H3,(H,27,30). The van der Waals surface area contributed by atoms with Crippen LogP contribution in [-0.2, 0) is 10.0 Å². The van der Waals surface area contributed by atoms with Gasteiger partial charge in [0.1, 0.15) is 11.6 Å². The number of sulfonamides is 1. The van der Waals surface area contributed by atoms with E-state index in [-0.39, 0.29) is 35.0 Å². The zero-order valence-electron chi connectivity index (χ0n) is 18.4. The Morgan fingerprint density at radius 2 is 1.74 bits per heavy atom. The Morgan fingerprint density at radius 3 is 2.41 bits per heavy atom. The van der Waals surface area contributed by atoms with Crippen molar-refractivity contribution in [1.29, 1.82) is 0 Å². The number of piperazine rings is 1. The lowest BCUT2D eigenvalue weighted by atomic mass is 10.2. The van der Waals surface area contributed by atoms with Crippen LogP contribution in [0.4, 0.5) is 15.8 Å². The van der Waals surface area contributed by atoms with Gasteiger partial charge in [0.15, 0.2) is 0 Å². The van der Waals surface area contributed by atoms with Gasteiger partial charge in [0.05, 0.1) is 23.3 Å². The normalized spacial score (nSPS) is 14.6. The summed E-state index contributed by atoms with van der Waals surface area (Å²) in [6, 6.07) is 17.2. The summed E-state index contributed by atoms with van der Waals surface area (Å²) in [5.41, 5.74) is 0.913. The summed E-state index contributed by atoms with van der Waals surface area (Å²) < 4.78 is 47.3. The fourth-order valence-corrected chi connectivity index (χ4v) is 5.42. The first-order valence-corrected chi connectivity index (χ1v) is 12.4. The van der Waals surface area contributed by atoms with E-state index >= 15 is 0 Å². The molecule has 10 heteroatoms. The van der Waals surface area contributed by atoms with Crippen LogP contribution in [0.5, 0.6) is 5.75 Å². The molecule has 1 fully saturated rings. The highest BCUT2D eigenvalue weighted by Crippen LogP contribution is 2.30. The summed E-state index contributed by atoms with van der Waals surface area (Å²) >= 11 is 6.07. The van der Waals surface area contributed by atoms with Crippen LogP contribution in [0.2, 0.25) is 5.02 Å². The first kappa shape index (κ1) is 24.0. The van der Waals surface area contributed by atoms with Gasteiger partial charge in [-0.15, -0.1) is 0 Å². The lowest BCUT2D eigenvalue weighted by molar-refractivity contribution is 0.102. The van der Waals surface area contributed by atoms with E-state index < -0.39 is 21.7 Å². The molecule has 1 amide bonds. The van der Waals surface area contributed by atoms with Gasteiger partial charge in [0.2, 0.25) is 10.0 Å². The molecule has 0 aromatic heterocycles. The molecule has 7 nitrogen and oxygen atoms in total. The summed E-state index contributed by atoms with van der Waals surface area (Å²) in [5.74, 6) is -1.13. The maximum Gasteiger partial charge on any atom is 0.258 e. The molecule has 0 aliphatic carbocycles. The number of benzene rings is 3. The van der Waals surface area contributed by atoms with Crippen molar-refractivity contribution < 1.29 is 22.3 Å². The van der Waals surface area contributed by atoms with Gasteiger partial charge in [-0.2, -0.15) is 4.31 Å². The maximum atomic E-state index is 14.0. The molecule has 1 aliphatic rings. The van der Waals surface area contributed by atoms with Crippen LogP contribution in [0.3, 0.4) is 0 Å². The Bertz CT molecular complexity index is 1310. The minimum Gasteiger partial charge on any atom is -0.495 e. The molecule has 3 aromatic carbocycles. The molecule has 178 valence electrons. The second kappa shape index (κ2) is 10.0. The molecule has 1 heterocycles. The molecule has 0 bridgehead atoms. The molecule has 34 heavy (non-hydrogen) atoms. The molecule has 3 aromatic rings. The highest BCUT2D eigenvalue weighted by atomic mass is 35.5. The number of nitrogens with one attached hydrogen (secondary N) is 1. The summed E-state index contributed by atoms with van der Waals surface area (Å²) in [6.07, 6.45) is 0. The van der Waals surface area contributed by atoms with Gasteiger partial charge in [-0.05, 0) is 48.5 Å². The van der Waals surface area contributed by atoms with Crippen LogP contribution in [-0.4, -0.2) is 51.9 Å². The van der Waals surface area contributed by atoms with Crippen LogP contribution in [0.1, 0.15) is 10.4 Å². The fraction of sp³-hybridized carbons (Fsp3) is 0.208. The van der Waals surface area contributed by atoms with Gasteiger partial charge in [-0.3, -0.25) is 4.79 Å². The van der Waals surface area contributed by atoms with E-state index in [0.717, 1.165) is 5.69 Å². The van der Waals surface area contributed by atoms with Crippen molar-refractivity contribution in [3.63, 3.8) is 0 Å². The van der Waals surface area contributed by atoms with E-state index in [1.54, 1.807) is 12.1 Å². The SMILES string of the molecule is COc1ccc(S(=O)(=O)N2CCN(c3cccc(Cl)c3)CC2)cc1NC(=O)c1ccccc1F. The second-order valence-corrected chi connectivity index (χ2v) is 10.0. The van der Waals surface area contributed by atoms with Crippen molar-refractivity contribution in [2.45, 2.75) is 4.90 Å². The molecule has 0 saturated carbocycles. The Hall–Kier alpha value is -3.14. The van der Waals surface area contributed by atoms with Crippen LogP contribution in [0.15, 0.2) is 71.6 Å². The molecule has 0 atom stereocenters. The number of amides is 1. The molecule has 0 radical (unpaired) electrons. The molecular weight excluding hydrogens is 481 g/mol. The van der Waals surface area contributed by atoms with Crippen molar-refractivity contribution in [3.8, 4) is 5.75 Å². The van der Waals surface area contributed by atoms with Crippen molar-refractivity contribution >= 4 is 38.9 Å². The number of hydrogen-bond donors (Lipinski definition) is 1. The number of methoxy groups -OCH3 is 1. The van der Waals surface area contributed by atoms with Gasteiger partial charge in [-0.25, -0.2) is 12.8 Å². The van der Waals surface area contributed by atoms with E-state index in [0.29, 0.717) is 18.1 Å². The Balaban J connectivity index is 1.53. The van der Waals surface area contributed by atoms with Crippen molar-refractivity contribution in [3.05, 3.63) is 83.1 Å². The zero-order valence-corrected chi connectivity index (χ0v) is 19.9. The average Bonchev–Trinajstić information content (AvgIpc) is 2.84. The summed E-state index contributed by atoms with van der Waals surface area (Å²) in [6.45, 7) is 1.59. The third-order valence-corrected chi connectivity index (χ3v) is 7.72. The third kappa shape index (κ3) is 5.01. The highest BCUT2D eigenvalue weighted by Gasteiger charge is 2.29. The highest BCUT2D eigenvalue weighted by molar-refractivity contribution is 7.89. The van der Waals surface area contributed by atoms with E-state index in [1.807, 2.05) is 18.2 Å². The number of anilines is 2. The molecule has 4 rings (SSSR count). The first-order chi connectivity index (χ1) is 16.3. The number of rotatable bonds is 6. The van der Waals surface area contributed by atoms with Gasteiger partial charge in [-0.1, -0.05) is 29.8 Å². The quantitative estimate of drug-likeness (QED) is 0.544. The van der Waals surface area contributed by atoms with Crippen molar-refractivity contribution in [2.24, 2.45) is 0 Å². The van der Waals surface area contributed by atoms with E-state index in [1.165, 1.54) is 47.8 Å². The Morgan fingerprint density at radius 1 is 1.00 bits per heavy atom. The Labute approximate surface area is 202 Å². The molecule has 1 saturated heterocycles. The monoisotopic (exact) mass is 503 g/mol. The minimum absolute atomic E-state index is 0.00772. The van der Waals surface area contributed by atoms with Crippen molar-refractivity contribution in [1.82, 2.24) is 4.31 Å². The molecule has 0 unspecified atom stereocenters. The predicted octanol–water partition coefficient (Wildman–Crippen LogP) is 4.25. The zero-order chi connectivity index (χ0) is 24.3. The van der Waals surface area contributed by atoms with Crippen LogP contribution >= 0.6 is 11.6 Å². The van der Waals surface area contributed by atoms with Gasteiger partial charge in [0, 0.05) is 36.9 Å². The smallest absolute Gasteiger partial charge is 0.258 e. The number of halogens is 2. The molecule has 1 aliphatic heterocycles. The van der Waals surface area contributed by atoms with Crippen LogP contribution < -0.4 is 15.0 Å². The minimum atomic E-state index is -3.83. The fourth-order valence-electron chi connectivity index (χ4n) is 3.79. The van der Waals surface area contributed by atoms with Gasteiger partial charge in [0.25, 0.3) is 5.91 Å². The topological polar surface area (TPSA) is 79.0 Å². The Kier molecular flexibility index (Phi) is 7.06. The largest absolute Gasteiger partial charge is 0.495 e. The molecule has 1 N–H and O–H groups in total. The number of hydrogen-bond acceptors (Lipinski definition) is 5. The lowest BCUT2D eigenvalue weighted by Crippen LogP contribution is -2.48. The van der Waals surface area contributed by atoms with Gasteiger partial charge < -0.3 is 15.0 Å². The third-order valence-electron chi connectivity index (χ3n) is 5.59. The van der Waals surface area contributed by atoms with E-state index in [9.17, 15) is 17.6 Å². The molecule has 0 spiro atoms. The average molecular weight is 504 g/mol. The summed E-state index contributed by atoms with van der Waals surface area (Å²) in [4.78, 5) is 14.7. The number of ether oxygens (including phenoxy) is 1. The van der Waals surface area contributed by atoms with Gasteiger partial charge >= 0.3 is 0 Å². The second-order valence-electron chi connectivity index (χ2n) is 7.67. The van der Waals surface area contributed by atoms with E-state index in [4.69, 9.17) is 16.3 Å². The van der Waals surface area contributed by atoms with Crippen LogP contribution in [0, 0.1) is 5.82 Å². The summed E-state index contributed by atoms with van der Waals surface area (Å²) in [7, 11) is -2.43. The molecular formula is C24H23ClFN3O4S. The van der Waals surface area contributed by atoms with Crippen molar-refractivity contribution in [2.75, 3.05) is 43.5 Å². The lowest BCUT2D eigenvalue weighted by Gasteiger charge is -2.35. The number of nitrogens with zero attached hydrogens (tertiary/aromatic N) is 2.